The molecule has 1 aromatic rings. The van der Waals surface area contributed by atoms with Crippen molar-refractivity contribution in [2.24, 2.45) is 4.99 Å². The molecule has 0 aromatic heterocycles. The number of guanidine groups is 1. The summed E-state index contributed by atoms with van der Waals surface area (Å²) >= 11 is 0. The fourth-order valence-corrected chi connectivity index (χ4v) is 2.70. The van der Waals surface area contributed by atoms with Crippen molar-refractivity contribution in [1.29, 1.82) is 0 Å². The molecule has 0 atom stereocenters. The summed E-state index contributed by atoms with van der Waals surface area (Å²) in [6, 6.07) is 8.58. The van der Waals surface area contributed by atoms with Crippen molar-refractivity contribution in [3.05, 3.63) is 29.8 Å². The minimum Gasteiger partial charge on any atom is -0.497 e. The van der Waals surface area contributed by atoms with Crippen LogP contribution in [0.1, 0.15) is 39.7 Å². The van der Waals surface area contributed by atoms with Gasteiger partial charge in [0.2, 0.25) is 0 Å². The van der Waals surface area contributed by atoms with Crippen LogP contribution in [0, 0.1) is 0 Å². The third-order valence-corrected chi connectivity index (χ3v) is 4.37. The van der Waals surface area contributed by atoms with E-state index in [1.807, 2.05) is 31.2 Å². The van der Waals surface area contributed by atoms with Gasteiger partial charge in [-0.3, -0.25) is 4.90 Å². The number of rotatable bonds is 13. The molecular weight excluding hydrogens is 340 g/mol. The zero-order valence-electron chi connectivity index (χ0n) is 17.8. The van der Waals surface area contributed by atoms with Gasteiger partial charge in [-0.15, -0.1) is 0 Å². The zero-order valence-corrected chi connectivity index (χ0v) is 17.8. The van der Waals surface area contributed by atoms with Gasteiger partial charge in [0.15, 0.2) is 5.96 Å². The Bertz CT molecular complexity index is 517. The smallest absolute Gasteiger partial charge is 0.191 e. The molecule has 0 amide bonds. The van der Waals surface area contributed by atoms with E-state index in [1.165, 1.54) is 0 Å². The van der Waals surface area contributed by atoms with Crippen LogP contribution in [-0.2, 0) is 11.3 Å². The van der Waals surface area contributed by atoms with Crippen LogP contribution >= 0.6 is 0 Å². The highest BCUT2D eigenvalue weighted by molar-refractivity contribution is 5.79. The summed E-state index contributed by atoms with van der Waals surface area (Å²) in [5.74, 6) is 1.71. The predicted octanol–water partition coefficient (Wildman–Crippen LogP) is 2.89. The molecule has 0 saturated carbocycles. The lowest BCUT2D eigenvalue weighted by Crippen LogP contribution is -2.43. The van der Waals surface area contributed by atoms with Gasteiger partial charge in [0.1, 0.15) is 5.75 Å². The van der Waals surface area contributed by atoms with Crippen molar-refractivity contribution in [1.82, 2.24) is 15.5 Å². The number of nitrogens with zero attached hydrogens (tertiary/aromatic N) is 2. The van der Waals surface area contributed by atoms with Crippen LogP contribution in [0.2, 0.25) is 0 Å². The monoisotopic (exact) mass is 378 g/mol. The molecule has 27 heavy (non-hydrogen) atoms. The molecule has 6 nitrogen and oxygen atoms in total. The quantitative estimate of drug-likeness (QED) is 0.314. The molecule has 0 spiro atoms. The minimum absolute atomic E-state index is 0.552. The van der Waals surface area contributed by atoms with Crippen molar-refractivity contribution in [3.63, 3.8) is 0 Å². The molecule has 0 saturated heterocycles. The van der Waals surface area contributed by atoms with Gasteiger partial charge >= 0.3 is 0 Å². The summed E-state index contributed by atoms with van der Waals surface area (Å²) in [5, 5.41) is 6.86. The number of nitrogens with one attached hydrogen (secondary N) is 2. The largest absolute Gasteiger partial charge is 0.497 e. The van der Waals surface area contributed by atoms with E-state index in [0.717, 1.165) is 63.1 Å². The fourth-order valence-electron chi connectivity index (χ4n) is 2.70. The van der Waals surface area contributed by atoms with Crippen LogP contribution < -0.4 is 15.4 Å². The number of methoxy groups -OCH3 is 1. The molecule has 0 aliphatic carbocycles. The summed E-state index contributed by atoms with van der Waals surface area (Å²) in [5.41, 5.74) is 1.16. The molecule has 154 valence electrons. The average Bonchev–Trinajstić information content (AvgIpc) is 2.68. The Morgan fingerprint density at radius 2 is 1.81 bits per heavy atom. The Morgan fingerprint density at radius 1 is 1.11 bits per heavy atom. The van der Waals surface area contributed by atoms with Crippen molar-refractivity contribution < 1.29 is 9.47 Å². The molecule has 1 aromatic carbocycles. The van der Waals surface area contributed by atoms with Crippen molar-refractivity contribution in [2.75, 3.05) is 46.5 Å². The first kappa shape index (κ1) is 23.2. The van der Waals surface area contributed by atoms with Gasteiger partial charge in [-0.1, -0.05) is 19.1 Å². The summed E-state index contributed by atoms with van der Waals surface area (Å²) in [7, 11) is 1.68. The van der Waals surface area contributed by atoms with Crippen molar-refractivity contribution in [3.8, 4) is 5.75 Å². The van der Waals surface area contributed by atoms with E-state index in [4.69, 9.17) is 14.5 Å². The predicted molar refractivity (Wildman–Crippen MR) is 114 cm³/mol. The van der Waals surface area contributed by atoms with Gasteiger partial charge in [0.05, 0.1) is 13.7 Å². The standard InChI is InChI=1S/C21H38N4O2/c1-6-25(18(3)4)15-14-23-21(22-13-8-16-27-7-2)24-17-19-9-11-20(26-5)12-10-19/h9-12,18H,6-8,13-17H2,1-5H3,(H2,22,23,24). The third-order valence-electron chi connectivity index (χ3n) is 4.37. The summed E-state index contributed by atoms with van der Waals surface area (Å²) in [4.78, 5) is 7.16. The first-order chi connectivity index (χ1) is 13.1. The summed E-state index contributed by atoms with van der Waals surface area (Å²) in [6.45, 7) is 14.6. The maximum absolute atomic E-state index is 5.40. The van der Waals surface area contributed by atoms with Crippen LogP contribution in [0.25, 0.3) is 0 Å². The lowest BCUT2D eigenvalue weighted by atomic mass is 10.2. The molecule has 0 heterocycles. The first-order valence-corrected chi connectivity index (χ1v) is 10.1. The van der Waals surface area contributed by atoms with Gasteiger partial charge in [-0.25, -0.2) is 4.99 Å². The van der Waals surface area contributed by atoms with Gasteiger partial charge in [0.25, 0.3) is 0 Å². The Hall–Kier alpha value is -1.79. The maximum atomic E-state index is 5.40. The topological polar surface area (TPSA) is 58.1 Å². The molecule has 2 N–H and O–H groups in total. The van der Waals surface area contributed by atoms with Gasteiger partial charge in [-0.05, 0) is 51.4 Å². The average molecular weight is 379 g/mol. The Balaban J connectivity index is 2.56. The van der Waals surface area contributed by atoms with Crippen molar-refractivity contribution in [2.45, 2.75) is 46.7 Å². The first-order valence-electron chi connectivity index (χ1n) is 10.1. The Kier molecular flexibility index (Phi) is 12.3. The van der Waals surface area contributed by atoms with E-state index in [0.29, 0.717) is 12.6 Å². The molecule has 0 fully saturated rings. The molecular formula is C21H38N4O2. The normalized spacial score (nSPS) is 11.9. The molecule has 0 unspecified atom stereocenters. The molecule has 6 heteroatoms. The van der Waals surface area contributed by atoms with Gasteiger partial charge in [-0.2, -0.15) is 0 Å². The van der Waals surface area contributed by atoms with Gasteiger partial charge in [0, 0.05) is 38.9 Å². The number of benzene rings is 1. The van der Waals surface area contributed by atoms with E-state index in [1.54, 1.807) is 7.11 Å². The van der Waals surface area contributed by atoms with Crippen LogP contribution in [0.5, 0.6) is 5.75 Å². The van der Waals surface area contributed by atoms with E-state index in [9.17, 15) is 0 Å². The van der Waals surface area contributed by atoms with Crippen LogP contribution in [0.15, 0.2) is 29.3 Å². The van der Waals surface area contributed by atoms with E-state index in [-0.39, 0.29) is 0 Å². The highest BCUT2D eigenvalue weighted by Crippen LogP contribution is 2.11. The summed E-state index contributed by atoms with van der Waals surface area (Å²) < 4.78 is 10.6. The lowest BCUT2D eigenvalue weighted by Gasteiger charge is -2.25. The number of aliphatic imine (C=N–C) groups is 1. The Morgan fingerprint density at radius 3 is 2.41 bits per heavy atom. The molecule has 0 aliphatic heterocycles. The zero-order chi connectivity index (χ0) is 19.9. The van der Waals surface area contributed by atoms with Gasteiger partial charge < -0.3 is 20.1 Å². The van der Waals surface area contributed by atoms with E-state index < -0.39 is 0 Å². The molecule has 0 aliphatic rings. The molecule has 1 rings (SSSR count). The number of hydrogen-bond acceptors (Lipinski definition) is 4. The second-order valence-electron chi connectivity index (χ2n) is 6.64. The highest BCUT2D eigenvalue weighted by Gasteiger charge is 2.07. The number of hydrogen-bond donors (Lipinski definition) is 2. The van der Waals surface area contributed by atoms with Crippen LogP contribution in [0.4, 0.5) is 0 Å². The fraction of sp³-hybridized carbons (Fsp3) is 0.667. The highest BCUT2D eigenvalue weighted by atomic mass is 16.5. The molecule has 0 bridgehead atoms. The third kappa shape index (κ3) is 10.2. The van der Waals surface area contributed by atoms with Crippen molar-refractivity contribution >= 4 is 5.96 Å². The summed E-state index contributed by atoms with van der Waals surface area (Å²) in [6.07, 6.45) is 0.962. The molecule has 0 radical (unpaired) electrons. The number of ether oxygens (including phenoxy) is 2. The second-order valence-corrected chi connectivity index (χ2v) is 6.64. The lowest BCUT2D eigenvalue weighted by molar-refractivity contribution is 0.145. The SMILES string of the molecule is CCOCCCNC(=NCc1ccc(OC)cc1)NCCN(CC)C(C)C. The van der Waals surface area contributed by atoms with Crippen LogP contribution in [-0.4, -0.2) is 63.4 Å². The number of likely N-dealkylation sites (N-methyl/N-ethyl adjacent to an activating group) is 1. The van der Waals surface area contributed by atoms with E-state index >= 15 is 0 Å². The second kappa shape index (κ2) is 14.3. The minimum atomic E-state index is 0.552. The Labute approximate surface area is 165 Å². The van der Waals surface area contributed by atoms with E-state index in [2.05, 4.69) is 36.3 Å². The van der Waals surface area contributed by atoms with Crippen LogP contribution in [0.3, 0.4) is 0 Å². The maximum Gasteiger partial charge on any atom is 0.191 e.